The number of rotatable bonds is 5. The van der Waals surface area contributed by atoms with Crippen molar-refractivity contribution in [1.29, 1.82) is 0 Å². The molecular weight excluding hydrogens is 399 g/mol. The van der Waals surface area contributed by atoms with E-state index in [-0.39, 0.29) is 37.3 Å². The lowest BCUT2D eigenvalue weighted by atomic mass is 9.95. The summed E-state index contributed by atoms with van der Waals surface area (Å²) in [5, 5.41) is 6.26. The van der Waals surface area contributed by atoms with E-state index in [1.807, 2.05) is 34.9 Å². The van der Waals surface area contributed by atoms with Crippen molar-refractivity contribution in [1.82, 2.24) is 20.1 Å². The zero-order valence-corrected chi connectivity index (χ0v) is 17.3. The van der Waals surface area contributed by atoms with Crippen LogP contribution in [0.3, 0.4) is 0 Å². The number of nitrogens with one attached hydrogen (secondary N) is 2. The van der Waals surface area contributed by atoms with Gasteiger partial charge >= 0.3 is 0 Å². The predicted molar refractivity (Wildman–Crippen MR) is 114 cm³/mol. The number of likely N-dealkylation sites (N-methyl/N-ethyl adjacent to an activating group) is 1. The number of fused-ring (bicyclic) bond motifs is 3. The predicted octanol–water partition coefficient (Wildman–Crippen LogP) is 2.06. The molecule has 0 spiro atoms. The highest BCUT2D eigenvalue weighted by molar-refractivity contribution is 6.03. The van der Waals surface area contributed by atoms with E-state index in [1.54, 1.807) is 26.1 Å². The molecule has 1 unspecified atom stereocenters. The Morgan fingerprint density at radius 2 is 1.81 bits per heavy atom. The highest BCUT2D eigenvalue weighted by Gasteiger charge is 2.45. The Kier molecular flexibility index (Phi) is 5.22. The molecule has 2 N–H and O–H groups in total. The van der Waals surface area contributed by atoms with Crippen molar-refractivity contribution in [2.75, 3.05) is 13.6 Å². The van der Waals surface area contributed by atoms with E-state index < -0.39 is 11.4 Å². The summed E-state index contributed by atoms with van der Waals surface area (Å²) in [6, 6.07) is 15.3. The zero-order chi connectivity index (χ0) is 22.2. The Hall–Kier alpha value is -3.68. The third-order valence-electron chi connectivity index (χ3n) is 5.84. The van der Waals surface area contributed by atoms with E-state index in [0.717, 1.165) is 16.5 Å². The Bertz CT molecular complexity index is 1170. The van der Waals surface area contributed by atoms with Crippen molar-refractivity contribution in [2.24, 2.45) is 0 Å². The highest BCUT2D eigenvalue weighted by Crippen LogP contribution is 2.31. The first-order chi connectivity index (χ1) is 14.8. The summed E-state index contributed by atoms with van der Waals surface area (Å²) in [5.74, 6) is -1.39. The fourth-order valence-electron chi connectivity index (χ4n) is 3.81. The summed E-state index contributed by atoms with van der Waals surface area (Å²) in [6.45, 7) is 1.97. The maximum Gasteiger partial charge on any atom is 0.271 e. The first-order valence-electron chi connectivity index (χ1n) is 9.95. The number of benzene rings is 2. The van der Waals surface area contributed by atoms with Gasteiger partial charge in [-0.05, 0) is 36.8 Å². The third kappa shape index (κ3) is 3.76. The van der Waals surface area contributed by atoms with Crippen molar-refractivity contribution in [3.05, 3.63) is 71.7 Å². The van der Waals surface area contributed by atoms with Crippen molar-refractivity contribution in [2.45, 2.75) is 25.6 Å². The number of carbonyl (C=O) groups excluding carboxylic acids is 3. The van der Waals surface area contributed by atoms with Gasteiger partial charge in [-0.1, -0.05) is 30.3 Å². The standard InChI is InChI=1S/C23H23FN4O3/c1-23(22(31)26-13-20(29)25-12-15-7-9-17(24)10-8-15)14-28-18-6-4-3-5-16(18)11-19(28)21(30)27(23)2/h3-11H,12-14H2,1-2H3,(H,25,29)(H,26,31). The first-order valence-corrected chi connectivity index (χ1v) is 9.95. The topological polar surface area (TPSA) is 83.4 Å². The van der Waals surface area contributed by atoms with Gasteiger partial charge in [0.1, 0.15) is 17.1 Å². The summed E-state index contributed by atoms with van der Waals surface area (Å²) in [6.07, 6.45) is 0. The largest absolute Gasteiger partial charge is 0.350 e. The van der Waals surface area contributed by atoms with Crippen LogP contribution in [0, 0.1) is 5.82 Å². The molecular formula is C23H23FN4O3. The second-order valence-electron chi connectivity index (χ2n) is 7.90. The number of amides is 3. The smallest absolute Gasteiger partial charge is 0.271 e. The van der Waals surface area contributed by atoms with Crippen LogP contribution in [0.2, 0.25) is 0 Å². The number of hydrogen-bond donors (Lipinski definition) is 2. The summed E-state index contributed by atoms with van der Waals surface area (Å²) in [4.78, 5) is 39.6. The number of hydrogen-bond acceptors (Lipinski definition) is 3. The van der Waals surface area contributed by atoms with Crippen molar-refractivity contribution in [3.8, 4) is 0 Å². The minimum absolute atomic E-state index is 0.225. The lowest BCUT2D eigenvalue weighted by Crippen LogP contribution is -2.63. The molecule has 1 aliphatic heterocycles. The fourth-order valence-corrected chi connectivity index (χ4v) is 3.81. The summed E-state index contributed by atoms with van der Waals surface area (Å²) in [7, 11) is 1.59. The molecule has 0 fully saturated rings. The summed E-state index contributed by atoms with van der Waals surface area (Å²) < 4.78 is 14.8. The Morgan fingerprint density at radius 1 is 1.10 bits per heavy atom. The molecule has 160 valence electrons. The summed E-state index contributed by atoms with van der Waals surface area (Å²) in [5.41, 5.74) is 1.02. The van der Waals surface area contributed by atoms with Crippen LogP contribution in [-0.2, 0) is 22.7 Å². The summed E-state index contributed by atoms with van der Waals surface area (Å²) >= 11 is 0. The molecule has 2 aromatic carbocycles. The third-order valence-corrected chi connectivity index (χ3v) is 5.84. The number of halogens is 1. The van der Waals surface area contributed by atoms with E-state index in [0.29, 0.717) is 5.69 Å². The van der Waals surface area contributed by atoms with Crippen LogP contribution in [0.5, 0.6) is 0 Å². The molecule has 4 rings (SSSR count). The average Bonchev–Trinajstić information content (AvgIpc) is 3.14. The Labute approximate surface area is 178 Å². The van der Waals surface area contributed by atoms with Crippen molar-refractivity contribution in [3.63, 3.8) is 0 Å². The average molecular weight is 422 g/mol. The first kappa shape index (κ1) is 20.6. The molecule has 2 heterocycles. The maximum absolute atomic E-state index is 13.0. The van der Waals surface area contributed by atoms with Gasteiger partial charge in [-0.15, -0.1) is 0 Å². The molecule has 3 amide bonds. The van der Waals surface area contributed by atoms with Gasteiger partial charge in [0.15, 0.2) is 0 Å². The molecule has 0 saturated carbocycles. The Morgan fingerprint density at radius 3 is 2.55 bits per heavy atom. The van der Waals surface area contributed by atoms with Crippen LogP contribution < -0.4 is 10.6 Å². The van der Waals surface area contributed by atoms with E-state index >= 15 is 0 Å². The van der Waals surface area contributed by atoms with Crippen LogP contribution in [0.15, 0.2) is 54.6 Å². The minimum Gasteiger partial charge on any atom is -0.350 e. The van der Waals surface area contributed by atoms with Gasteiger partial charge in [0.25, 0.3) is 5.91 Å². The Balaban J connectivity index is 1.43. The van der Waals surface area contributed by atoms with Gasteiger partial charge in [-0.3, -0.25) is 14.4 Å². The number of aromatic nitrogens is 1. The molecule has 1 atom stereocenters. The van der Waals surface area contributed by atoms with Gasteiger partial charge in [0, 0.05) is 24.5 Å². The SMILES string of the molecule is CN1C(=O)c2cc3ccccc3n2CC1(C)C(=O)NCC(=O)NCc1ccc(F)cc1. The van der Waals surface area contributed by atoms with Crippen LogP contribution >= 0.6 is 0 Å². The highest BCUT2D eigenvalue weighted by atomic mass is 19.1. The minimum atomic E-state index is -1.15. The normalized spacial score (nSPS) is 18.0. The lowest BCUT2D eigenvalue weighted by Gasteiger charge is -2.41. The lowest BCUT2D eigenvalue weighted by molar-refractivity contribution is -0.134. The monoisotopic (exact) mass is 422 g/mol. The maximum atomic E-state index is 13.0. The number of nitrogens with zero attached hydrogens (tertiary/aromatic N) is 2. The van der Waals surface area contributed by atoms with Gasteiger partial charge in [0.2, 0.25) is 11.8 Å². The zero-order valence-electron chi connectivity index (χ0n) is 17.3. The molecule has 8 heteroatoms. The van der Waals surface area contributed by atoms with E-state index in [1.165, 1.54) is 17.0 Å². The van der Waals surface area contributed by atoms with Crippen LogP contribution in [0.1, 0.15) is 23.0 Å². The van der Waals surface area contributed by atoms with Crippen LogP contribution in [0.25, 0.3) is 10.9 Å². The van der Waals surface area contributed by atoms with Gasteiger partial charge in [-0.25, -0.2) is 4.39 Å². The number of carbonyl (C=O) groups is 3. The van der Waals surface area contributed by atoms with Gasteiger partial charge < -0.3 is 20.1 Å². The van der Waals surface area contributed by atoms with E-state index in [9.17, 15) is 18.8 Å². The molecule has 1 aromatic heterocycles. The second kappa shape index (κ2) is 7.86. The molecule has 0 aliphatic carbocycles. The van der Waals surface area contributed by atoms with Crippen LogP contribution in [0.4, 0.5) is 4.39 Å². The second-order valence-corrected chi connectivity index (χ2v) is 7.90. The quantitative estimate of drug-likeness (QED) is 0.660. The van der Waals surface area contributed by atoms with Crippen molar-refractivity contribution >= 4 is 28.6 Å². The van der Waals surface area contributed by atoms with Gasteiger partial charge in [-0.2, -0.15) is 0 Å². The van der Waals surface area contributed by atoms with E-state index in [4.69, 9.17) is 0 Å². The van der Waals surface area contributed by atoms with Gasteiger partial charge in [0.05, 0.1) is 13.1 Å². The molecule has 1 aliphatic rings. The fraction of sp³-hybridized carbons (Fsp3) is 0.261. The molecule has 0 saturated heterocycles. The molecule has 0 radical (unpaired) electrons. The van der Waals surface area contributed by atoms with E-state index in [2.05, 4.69) is 10.6 Å². The molecule has 0 bridgehead atoms. The molecule has 31 heavy (non-hydrogen) atoms. The molecule has 3 aromatic rings. The number of para-hydroxylation sites is 1. The van der Waals surface area contributed by atoms with Crippen LogP contribution in [-0.4, -0.2) is 46.3 Å². The van der Waals surface area contributed by atoms with Crippen molar-refractivity contribution < 1.29 is 18.8 Å². The molecule has 7 nitrogen and oxygen atoms in total.